The average molecular weight is 249 g/mol. The number of aryl methyl sites for hydroxylation is 1. The molecule has 1 N–H and O–H groups in total. The summed E-state index contributed by atoms with van der Waals surface area (Å²) in [4.78, 5) is 4.46. The molecule has 0 saturated heterocycles. The Labute approximate surface area is 111 Å². The molecule has 1 heterocycles. The van der Waals surface area contributed by atoms with Gasteiger partial charge in [-0.05, 0) is 31.6 Å². The topological polar surface area (TPSA) is 29.9 Å². The largest absolute Gasteiger partial charge is 0.353 e. The summed E-state index contributed by atoms with van der Waals surface area (Å²) >= 11 is 0. The summed E-state index contributed by atoms with van der Waals surface area (Å²) in [5.74, 6) is 1.87. The van der Waals surface area contributed by atoms with Gasteiger partial charge in [0.25, 0.3) is 0 Å². The molecule has 0 aromatic carbocycles. The third kappa shape index (κ3) is 4.04. The number of imidazole rings is 1. The molecule has 0 unspecified atom stereocenters. The molecule has 1 aliphatic rings. The van der Waals surface area contributed by atoms with Crippen molar-refractivity contribution in [3.8, 4) is 0 Å². The third-order valence-electron chi connectivity index (χ3n) is 3.83. The Morgan fingerprint density at radius 2 is 2.11 bits per heavy atom. The standard InChI is InChI=1S/C15H27N3/c1-13(2)7-6-11-18-12-10-16-15(18)17-14-8-4-3-5-9-14/h10,12-14H,3-9,11H2,1-2H3,(H,16,17). The van der Waals surface area contributed by atoms with Crippen LogP contribution in [0.2, 0.25) is 0 Å². The van der Waals surface area contributed by atoms with E-state index in [9.17, 15) is 0 Å². The highest BCUT2D eigenvalue weighted by molar-refractivity contribution is 5.27. The van der Waals surface area contributed by atoms with Gasteiger partial charge in [0.05, 0.1) is 0 Å². The third-order valence-corrected chi connectivity index (χ3v) is 3.83. The summed E-state index contributed by atoms with van der Waals surface area (Å²) in [6.45, 7) is 5.66. The number of aromatic nitrogens is 2. The van der Waals surface area contributed by atoms with E-state index in [1.165, 1.54) is 44.9 Å². The molecule has 0 spiro atoms. The van der Waals surface area contributed by atoms with Gasteiger partial charge in [-0.15, -0.1) is 0 Å². The van der Waals surface area contributed by atoms with Crippen LogP contribution in [-0.2, 0) is 6.54 Å². The maximum atomic E-state index is 4.46. The lowest BCUT2D eigenvalue weighted by Crippen LogP contribution is -2.24. The highest BCUT2D eigenvalue weighted by Crippen LogP contribution is 2.21. The number of nitrogens with zero attached hydrogens (tertiary/aromatic N) is 2. The first-order valence-corrected chi connectivity index (χ1v) is 7.53. The Morgan fingerprint density at radius 3 is 2.83 bits per heavy atom. The fourth-order valence-corrected chi connectivity index (χ4v) is 2.73. The number of hydrogen-bond donors (Lipinski definition) is 1. The van der Waals surface area contributed by atoms with Crippen molar-refractivity contribution in [2.75, 3.05) is 5.32 Å². The smallest absolute Gasteiger partial charge is 0.202 e. The minimum atomic E-state index is 0.644. The molecule has 0 aliphatic heterocycles. The lowest BCUT2D eigenvalue weighted by Gasteiger charge is -2.23. The summed E-state index contributed by atoms with van der Waals surface area (Å²) in [5.41, 5.74) is 0. The van der Waals surface area contributed by atoms with Crippen LogP contribution < -0.4 is 5.32 Å². The normalized spacial score (nSPS) is 17.3. The molecular formula is C15H27N3. The van der Waals surface area contributed by atoms with Crippen molar-refractivity contribution < 1.29 is 0 Å². The summed E-state index contributed by atoms with van der Waals surface area (Å²) in [6.07, 6.45) is 13.3. The molecule has 0 amide bonds. The molecule has 3 nitrogen and oxygen atoms in total. The molecule has 2 rings (SSSR count). The lowest BCUT2D eigenvalue weighted by molar-refractivity contribution is 0.456. The van der Waals surface area contributed by atoms with E-state index >= 15 is 0 Å². The van der Waals surface area contributed by atoms with E-state index in [2.05, 4.69) is 34.9 Å². The summed E-state index contributed by atoms with van der Waals surface area (Å²) < 4.78 is 2.27. The second-order valence-corrected chi connectivity index (χ2v) is 5.96. The van der Waals surface area contributed by atoms with Crippen molar-refractivity contribution in [2.24, 2.45) is 5.92 Å². The van der Waals surface area contributed by atoms with Gasteiger partial charge in [-0.1, -0.05) is 33.1 Å². The van der Waals surface area contributed by atoms with Crippen molar-refractivity contribution in [1.82, 2.24) is 9.55 Å². The van der Waals surface area contributed by atoms with Gasteiger partial charge in [-0.2, -0.15) is 0 Å². The quantitative estimate of drug-likeness (QED) is 0.824. The summed E-state index contributed by atoms with van der Waals surface area (Å²) in [6, 6.07) is 0.644. The average Bonchev–Trinajstić information content (AvgIpc) is 2.78. The Hall–Kier alpha value is -0.990. The predicted molar refractivity (Wildman–Crippen MR) is 76.8 cm³/mol. The molecule has 102 valence electrons. The highest BCUT2D eigenvalue weighted by Gasteiger charge is 2.14. The Morgan fingerprint density at radius 1 is 1.33 bits per heavy atom. The van der Waals surface area contributed by atoms with E-state index in [1.807, 2.05) is 6.20 Å². The lowest BCUT2D eigenvalue weighted by atomic mass is 9.96. The Balaban J connectivity index is 1.82. The van der Waals surface area contributed by atoms with E-state index < -0.39 is 0 Å². The van der Waals surface area contributed by atoms with Gasteiger partial charge in [-0.25, -0.2) is 4.98 Å². The van der Waals surface area contributed by atoms with Gasteiger partial charge in [0.2, 0.25) is 5.95 Å². The second-order valence-electron chi connectivity index (χ2n) is 5.96. The van der Waals surface area contributed by atoms with Crippen LogP contribution in [0.15, 0.2) is 12.4 Å². The maximum Gasteiger partial charge on any atom is 0.202 e. The van der Waals surface area contributed by atoms with Crippen LogP contribution in [0.4, 0.5) is 5.95 Å². The van der Waals surface area contributed by atoms with Crippen molar-refractivity contribution in [1.29, 1.82) is 0 Å². The van der Waals surface area contributed by atoms with Gasteiger partial charge < -0.3 is 9.88 Å². The minimum absolute atomic E-state index is 0.644. The molecular weight excluding hydrogens is 222 g/mol. The first kappa shape index (κ1) is 13.4. The zero-order valence-corrected chi connectivity index (χ0v) is 11.9. The molecule has 0 bridgehead atoms. The fourth-order valence-electron chi connectivity index (χ4n) is 2.73. The van der Waals surface area contributed by atoms with Gasteiger partial charge in [0.1, 0.15) is 0 Å². The molecule has 1 aliphatic carbocycles. The fraction of sp³-hybridized carbons (Fsp3) is 0.800. The number of nitrogens with one attached hydrogen (secondary N) is 1. The van der Waals surface area contributed by atoms with Gasteiger partial charge >= 0.3 is 0 Å². The number of anilines is 1. The Bertz CT molecular complexity index is 337. The molecule has 1 saturated carbocycles. The summed E-state index contributed by atoms with van der Waals surface area (Å²) in [7, 11) is 0. The summed E-state index contributed by atoms with van der Waals surface area (Å²) in [5, 5.41) is 3.62. The first-order chi connectivity index (χ1) is 8.75. The predicted octanol–water partition coefficient (Wildman–Crippen LogP) is 4.06. The van der Waals surface area contributed by atoms with Crippen LogP contribution >= 0.6 is 0 Å². The maximum absolute atomic E-state index is 4.46. The molecule has 1 aromatic heterocycles. The second kappa shape index (κ2) is 6.81. The van der Waals surface area contributed by atoms with Crippen LogP contribution in [0.5, 0.6) is 0 Å². The molecule has 1 aromatic rings. The van der Waals surface area contributed by atoms with Crippen LogP contribution in [-0.4, -0.2) is 15.6 Å². The van der Waals surface area contributed by atoms with Crippen molar-refractivity contribution in [2.45, 2.75) is 71.4 Å². The number of hydrogen-bond acceptors (Lipinski definition) is 2. The zero-order valence-electron chi connectivity index (χ0n) is 11.9. The van der Waals surface area contributed by atoms with E-state index in [1.54, 1.807) is 0 Å². The molecule has 0 radical (unpaired) electrons. The SMILES string of the molecule is CC(C)CCCn1ccnc1NC1CCCCC1. The van der Waals surface area contributed by atoms with Crippen LogP contribution in [0.25, 0.3) is 0 Å². The highest BCUT2D eigenvalue weighted by atomic mass is 15.2. The Kier molecular flexibility index (Phi) is 5.09. The molecule has 3 heteroatoms. The van der Waals surface area contributed by atoms with Crippen LogP contribution in [0.3, 0.4) is 0 Å². The van der Waals surface area contributed by atoms with Crippen molar-refractivity contribution >= 4 is 5.95 Å². The monoisotopic (exact) mass is 249 g/mol. The van der Waals surface area contributed by atoms with Gasteiger partial charge in [-0.3, -0.25) is 0 Å². The zero-order chi connectivity index (χ0) is 12.8. The van der Waals surface area contributed by atoms with Crippen molar-refractivity contribution in [3.63, 3.8) is 0 Å². The number of rotatable bonds is 6. The first-order valence-electron chi connectivity index (χ1n) is 7.53. The van der Waals surface area contributed by atoms with Crippen LogP contribution in [0, 0.1) is 5.92 Å². The molecule has 18 heavy (non-hydrogen) atoms. The van der Waals surface area contributed by atoms with E-state index in [4.69, 9.17) is 0 Å². The van der Waals surface area contributed by atoms with Crippen LogP contribution in [0.1, 0.15) is 58.8 Å². The van der Waals surface area contributed by atoms with Gasteiger partial charge in [0, 0.05) is 25.0 Å². The minimum Gasteiger partial charge on any atom is -0.353 e. The molecule has 1 fully saturated rings. The van der Waals surface area contributed by atoms with Gasteiger partial charge in [0.15, 0.2) is 0 Å². The van der Waals surface area contributed by atoms with E-state index in [-0.39, 0.29) is 0 Å². The van der Waals surface area contributed by atoms with E-state index in [0.717, 1.165) is 18.4 Å². The van der Waals surface area contributed by atoms with Crippen molar-refractivity contribution in [3.05, 3.63) is 12.4 Å². The van der Waals surface area contributed by atoms with E-state index in [0.29, 0.717) is 6.04 Å². The molecule has 0 atom stereocenters.